The smallest absolute Gasteiger partial charge is 0.240 e. The van der Waals surface area contributed by atoms with E-state index in [0.717, 1.165) is 18.9 Å². The average molecular weight is 353 g/mol. The highest BCUT2D eigenvalue weighted by molar-refractivity contribution is 7.89. The Morgan fingerprint density at radius 1 is 1.46 bits per heavy atom. The minimum Gasteiger partial charge on any atom is -0.378 e. The van der Waals surface area contributed by atoms with Crippen LogP contribution < -0.4 is 4.72 Å². The fourth-order valence-corrected chi connectivity index (χ4v) is 3.97. The van der Waals surface area contributed by atoms with Crippen LogP contribution in [0.5, 0.6) is 0 Å². The lowest BCUT2D eigenvalue weighted by Gasteiger charge is -2.27. The van der Waals surface area contributed by atoms with Crippen LogP contribution in [-0.4, -0.2) is 37.5 Å². The molecule has 1 fully saturated rings. The summed E-state index contributed by atoms with van der Waals surface area (Å²) < 4.78 is 48.3. The summed E-state index contributed by atoms with van der Waals surface area (Å²) in [6.45, 7) is 2.95. The van der Waals surface area contributed by atoms with E-state index in [1.807, 2.05) is 6.92 Å². The van der Waals surface area contributed by atoms with Gasteiger partial charge in [0.2, 0.25) is 10.0 Å². The fourth-order valence-electron chi connectivity index (χ4n) is 2.84. The van der Waals surface area contributed by atoms with Crippen molar-refractivity contribution in [3.63, 3.8) is 0 Å². The van der Waals surface area contributed by atoms with Gasteiger partial charge in [0.05, 0.1) is 11.0 Å². The number of nitrogens with zero attached hydrogens (tertiary/aromatic N) is 2. The highest BCUT2D eigenvalue weighted by Gasteiger charge is 2.23. The van der Waals surface area contributed by atoms with Crippen molar-refractivity contribution in [3.8, 4) is 5.69 Å². The molecule has 130 valence electrons. The quantitative estimate of drug-likeness (QED) is 0.893. The predicted molar refractivity (Wildman–Crippen MR) is 86.8 cm³/mol. The third kappa shape index (κ3) is 3.82. The second kappa shape index (κ2) is 7.00. The van der Waals surface area contributed by atoms with E-state index in [4.69, 9.17) is 4.74 Å². The zero-order chi connectivity index (χ0) is 17.2. The van der Waals surface area contributed by atoms with E-state index in [0.29, 0.717) is 13.2 Å². The molecule has 1 aliphatic rings. The van der Waals surface area contributed by atoms with Gasteiger partial charge in [-0.1, -0.05) is 0 Å². The Bertz CT molecular complexity index is 793. The van der Waals surface area contributed by atoms with E-state index < -0.39 is 15.8 Å². The third-order valence-electron chi connectivity index (χ3n) is 4.14. The molecule has 0 spiro atoms. The molecule has 24 heavy (non-hydrogen) atoms. The van der Waals surface area contributed by atoms with Crippen molar-refractivity contribution in [2.45, 2.75) is 30.8 Å². The van der Waals surface area contributed by atoms with Crippen molar-refractivity contribution in [1.29, 1.82) is 0 Å². The van der Waals surface area contributed by atoms with Gasteiger partial charge in [-0.2, -0.15) is 5.10 Å². The number of rotatable bonds is 5. The van der Waals surface area contributed by atoms with Crippen molar-refractivity contribution in [1.82, 2.24) is 14.5 Å². The molecule has 0 bridgehead atoms. The Labute approximate surface area is 140 Å². The molecule has 1 aromatic carbocycles. The van der Waals surface area contributed by atoms with Crippen LogP contribution in [0, 0.1) is 11.7 Å². The summed E-state index contributed by atoms with van der Waals surface area (Å²) in [6, 6.07) is 5.48. The van der Waals surface area contributed by atoms with E-state index in [-0.39, 0.29) is 22.6 Å². The largest absolute Gasteiger partial charge is 0.378 e. The van der Waals surface area contributed by atoms with E-state index in [1.165, 1.54) is 23.0 Å². The summed E-state index contributed by atoms with van der Waals surface area (Å²) in [4.78, 5) is -0.0870. The first-order chi connectivity index (χ1) is 11.5. The molecule has 1 N–H and O–H groups in total. The molecule has 3 rings (SSSR count). The zero-order valence-corrected chi connectivity index (χ0v) is 14.2. The Balaban J connectivity index is 1.71. The number of halogens is 1. The van der Waals surface area contributed by atoms with Crippen molar-refractivity contribution >= 4 is 10.0 Å². The number of benzene rings is 1. The van der Waals surface area contributed by atoms with Gasteiger partial charge in [-0.05, 0) is 49.9 Å². The number of nitrogens with one attached hydrogen (secondary N) is 1. The SMILES string of the molecule is C[C@@H]1C[C@H](CNS(=O)(=O)c2ccc(-n3cccn3)c(F)c2)CCO1. The summed E-state index contributed by atoms with van der Waals surface area (Å²) in [5.41, 5.74) is 0.206. The van der Waals surface area contributed by atoms with Crippen molar-refractivity contribution in [2.75, 3.05) is 13.2 Å². The molecule has 0 amide bonds. The van der Waals surface area contributed by atoms with Crippen LogP contribution in [0.4, 0.5) is 4.39 Å². The first-order valence-electron chi connectivity index (χ1n) is 7.86. The number of hydrogen-bond donors (Lipinski definition) is 1. The Morgan fingerprint density at radius 2 is 2.29 bits per heavy atom. The second-order valence-electron chi connectivity index (χ2n) is 5.99. The summed E-state index contributed by atoms with van der Waals surface area (Å²) in [5, 5.41) is 3.94. The molecule has 0 unspecified atom stereocenters. The molecule has 6 nitrogen and oxygen atoms in total. The van der Waals surface area contributed by atoms with Gasteiger partial charge in [0.15, 0.2) is 0 Å². The minimum atomic E-state index is -3.75. The van der Waals surface area contributed by atoms with E-state index in [9.17, 15) is 12.8 Å². The first-order valence-corrected chi connectivity index (χ1v) is 9.35. The Hall–Kier alpha value is -1.77. The van der Waals surface area contributed by atoms with Crippen LogP contribution in [0.2, 0.25) is 0 Å². The van der Waals surface area contributed by atoms with Gasteiger partial charge < -0.3 is 4.74 Å². The van der Waals surface area contributed by atoms with Crippen LogP contribution in [-0.2, 0) is 14.8 Å². The van der Waals surface area contributed by atoms with Gasteiger partial charge >= 0.3 is 0 Å². The van der Waals surface area contributed by atoms with Crippen LogP contribution >= 0.6 is 0 Å². The van der Waals surface area contributed by atoms with Gasteiger partial charge in [0, 0.05) is 25.5 Å². The Morgan fingerprint density at radius 3 is 2.96 bits per heavy atom. The molecule has 1 saturated heterocycles. The molecule has 1 aromatic heterocycles. The van der Waals surface area contributed by atoms with Crippen molar-refractivity contribution in [2.24, 2.45) is 5.92 Å². The molecule has 8 heteroatoms. The van der Waals surface area contributed by atoms with Crippen LogP contribution in [0.25, 0.3) is 5.69 Å². The third-order valence-corrected chi connectivity index (χ3v) is 5.56. The van der Waals surface area contributed by atoms with Gasteiger partial charge in [0.1, 0.15) is 11.5 Å². The monoisotopic (exact) mass is 353 g/mol. The molecular weight excluding hydrogens is 333 g/mol. The maximum atomic E-state index is 14.2. The summed E-state index contributed by atoms with van der Waals surface area (Å²) in [6.07, 6.45) is 4.89. The average Bonchev–Trinajstić information content (AvgIpc) is 3.07. The Kier molecular flexibility index (Phi) is 4.98. The fraction of sp³-hybridized carbons (Fsp3) is 0.438. The summed E-state index contributed by atoms with van der Waals surface area (Å²) in [5.74, 6) is -0.405. The zero-order valence-electron chi connectivity index (χ0n) is 13.4. The standard InChI is InChI=1S/C16H20FN3O3S/c1-12-9-13(5-8-23-12)11-19-24(21,22)14-3-4-16(15(17)10-14)20-7-2-6-18-20/h2-4,6-7,10,12-13,19H,5,8-9,11H2,1H3/t12-,13-/m1/s1. The summed E-state index contributed by atoms with van der Waals surface area (Å²) in [7, 11) is -3.75. The topological polar surface area (TPSA) is 73.2 Å². The van der Waals surface area contributed by atoms with Gasteiger partial charge in [-0.15, -0.1) is 0 Å². The molecule has 0 saturated carbocycles. The molecule has 1 aliphatic heterocycles. The minimum absolute atomic E-state index is 0.0870. The lowest BCUT2D eigenvalue weighted by atomic mass is 9.97. The van der Waals surface area contributed by atoms with E-state index in [2.05, 4.69) is 9.82 Å². The number of aromatic nitrogens is 2. The highest BCUT2D eigenvalue weighted by atomic mass is 32.2. The van der Waals surface area contributed by atoms with Crippen molar-refractivity contribution < 1.29 is 17.5 Å². The van der Waals surface area contributed by atoms with E-state index >= 15 is 0 Å². The van der Waals surface area contributed by atoms with Gasteiger partial charge in [-0.3, -0.25) is 0 Å². The normalized spacial score (nSPS) is 21.8. The molecule has 2 heterocycles. The van der Waals surface area contributed by atoms with Crippen LogP contribution in [0.15, 0.2) is 41.6 Å². The van der Waals surface area contributed by atoms with Crippen molar-refractivity contribution in [3.05, 3.63) is 42.5 Å². The number of ether oxygens (including phenoxy) is 1. The second-order valence-corrected chi connectivity index (χ2v) is 7.75. The number of hydrogen-bond acceptors (Lipinski definition) is 4. The molecule has 2 aromatic rings. The maximum Gasteiger partial charge on any atom is 0.240 e. The first kappa shape index (κ1) is 17.1. The predicted octanol–water partition coefficient (Wildman–Crippen LogP) is 2.10. The molecular formula is C16H20FN3O3S. The molecule has 0 radical (unpaired) electrons. The molecule has 0 aliphatic carbocycles. The van der Waals surface area contributed by atoms with E-state index in [1.54, 1.807) is 12.3 Å². The highest BCUT2D eigenvalue weighted by Crippen LogP contribution is 2.21. The maximum absolute atomic E-state index is 14.2. The van der Waals surface area contributed by atoms with Gasteiger partial charge in [-0.25, -0.2) is 22.2 Å². The lowest BCUT2D eigenvalue weighted by Crippen LogP contribution is -2.34. The summed E-state index contributed by atoms with van der Waals surface area (Å²) >= 11 is 0. The molecule has 2 atom stereocenters. The lowest BCUT2D eigenvalue weighted by molar-refractivity contribution is 0.00397. The van der Waals surface area contributed by atoms with Gasteiger partial charge in [0.25, 0.3) is 0 Å². The van der Waals surface area contributed by atoms with Crippen LogP contribution in [0.1, 0.15) is 19.8 Å². The van der Waals surface area contributed by atoms with Crippen LogP contribution in [0.3, 0.4) is 0 Å². The number of sulfonamides is 1.